The number of carboxylic acids is 1. The molecule has 0 saturated heterocycles. The van der Waals surface area contributed by atoms with Crippen molar-refractivity contribution in [2.75, 3.05) is 14.2 Å². The molecule has 2 aromatic carbocycles. The van der Waals surface area contributed by atoms with E-state index in [0.717, 1.165) is 34.6 Å². The quantitative estimate of drug-likeness (QED) is 0.279. The second-order valence-corrected chi connectivity index (χ2v) is 10.6. The van der Waals surface area contributed by atoms with Gasteiger partial charge < -0.3 is 23.9 Å². The molecule has 0 fully saturated rings. The Bertz CT molecular complexity index is 1510. The second-order valence-electron chi connectivity index (χ2n) is 10.2. The fraction of sp³-hybridized carbons (Fsp3) is 0.379. The van der Waals surface area contributed by atoms with Crippen LogP contribution in [0.25, 0.3) is 5.69 Å². The smallest absolute Gasteiger partial charge is 0.311 e. The number of methoxy groups -OCH3 is 2. The molecule has 3 heterocycles. The van der Waals surface area contributed by atoms with Crippen LogP contribution in [0.15, 0.2) is 48.5 Å². The summed E-state index contributed by atoms with van der Waals surface area (Å²) in [5.74, 6) is 0.911. The lowest BCUT2D eigenvalue weighted by Crippen LogP contribution is -2.16. The molecule has 2 aromatic heterocycles. The molecule has 5 rings (SSSR count). The normalized spacial score (nSPS) is 16.4. The molecule has 0 amide bonds. The van der Waals surface area contributed by atoms with Crippen LogP contribution in [0.5, 0.6) is 11.5 Å². The molecule has 1 aliphatic rings. The second kappa shape index (κ2) is 11.7. The van der Waals surface area contributed by atoms with E-state index in [1.165, 1.54) is 4.68 Å². The zero-order valence-electron chi connectivity index (χ0n) is 22.9. The number of aryl methyl sites for hydroxylation is 1. The minimum atomic E-state index is -0.994. The number of carboxylic acid groups (broad SMARTS) is 1. The van der Waals surface area contributed by atoms with Gasteiger partial charge in [0.05, 0.1) is 25.6 Å². The molecule has 2 atom stereocenters. The molecule has 0 radical (unpaired) electrons. The summed E-state index contributed by atoms with van der Waals surface area (Å²) in [6, 6.07) is 15.8. The van der Waals surface area contributed by atoms with Crippen molar-refractivity contribution in [3.05, 3.63) is 81.9 Å². The van der Waals surface area contributed by atoms with E-state index in [0.29, 0.717) is 35.4 Å². The number of aliphatic carboxylic acids is 1. The number of nitrogens with zero attached hydrogens (tertiary/aromatic N) is 5. The van der Waals surface area contributed by atoms with Crippen LogP contribution in [0, 0.1) is 5.92 Å². The van der Waals surface area contributed by atoms with Crippen LogP contribution < -0.4 is 9.47 Å². The number of halogens is 1. The van der Waals surface area contributed by atoms with Crippen LogP contribution in [-0.2, 0) is 28.9 Å². The van der Waals surface area contributed by atoms with Gasteiger partial charge in [0.2, 0.25) is 0 Å². The van der Waals surface area contributed by atoms with Gasteiger partial charge in [-0.25, -0.2) is 4.68 Å². The van der Waals surface area contributed by atoms with E-state index in [2.05, 4.69) is 46.1 Å². The number of hydrogen-bond acceptors (Lipinski definition) is 7. The maximum atomic E-state index is 11.3. The fourth-order valence-corrected chi connectivity index (χ4v) is 5.52. The minimum Gasteiger partial charge on any atom is -0.493 e. The number of rotatable bonds is 10. The van der Waals surface area contributed by atoms with Crippen molar-refractivity contribution in [3.63, 3.8) is 0 Å². The third-order valence-corrected chi connectivity index (χ3v) is 7.22. The van der Waals surface area contributed by atoms with Gasteiger partial charge in [-0.05, 0) is 65.6 Å². The van der Waals surface area contributed by atoms with Crippen LogP contribution in [0.1, 0.15) is 60.8 Å². The minimum absolute atomic E-state index is 0.263. The van der Waals surface area contributed by atoms with Crippen molar-refractivity contribution < 1.29 is 24.1 Å². The summed E-state index contributed by atoms with van der Waals surface area (Å²) >= 11 is 6.57. The fourth-order valence-electron chi connectivity index (χ4n) is 5.34. The predicted molar refractivity (Wildman–Crippen MR) is 148 cm³/mol. The van der Waals surface area contributed by atoms with Gasteiger partial charge >= 0.3 is 5.97 Å². The first kappa shape index (κ1) is 27.7. The van der Waals surface area contributed by atoms with Gasteiger partial charge in [-0.3, -0.25) is 4.79 Å². The van der Waals surface area contributed by atoms with E-state index in [4.69, 9.17) is 25.8 Å². The topological polar surface area (TPSA) is 114 Å². The first-order valence-electron chi connectivity index (χ1n) is 13.1. The standard InChI is InChI=1S/C29H32ClN5O5/c1-17(2)14-19-9-11-23-24(12-13-34-26(16-27(36)37)31-32-33-34)40-28(20-6-5-7-25(38-3)29(20)39-4)21-15-18(30)8-10-22(21)35(19)23/h5-11,15,17,24,28H,12-14,16H2,1-4H3,(H,36,37)/t24-,28-/m0/s1. The van der Waals surface area contributed by atoms with E-state index < -0.39 is 18.2 Å². The summed E-state index contributed by atoms with van der Waals surface area (Å²) in [4.78, 5) is 11.3. The van der Waals surface area contributed by atoms with Gasteiger partial charge in [-0.15, -0.1) is 5.10 Å². The zero-order valence-corrected chi connectivity index (χ0v) is 23.6. The van der Waals surface area contributed by atoms with Crippen molar-refractivity contribution in [1.29, 1.82) is 0 Å². The number of benzene rings is 2. The van der Waals surface area contributed by atoms with E-state index in [1.807, 2.05) is 36.4 Å². The molecule has 210 valence electrons. The lowest BCUT2D eigenvalue weighted by atomic mass is 9.97. The summed E-state index contributed by atoms with van der Waals surface area (Å²) in [7, 11) is 3.22. The first-order valence-corrected chi connectivity index (χ1v) is 13.5. The number of tetrazole rings is 1. The molecule has 11 heteroatoms. The third-order valence-electron chi connectivity index (χ3n) is 6.99. The van der Waals surface area contributed by atoms with Gasteiger partial charge in [0, 0.05) is 28.4 Å². The highest BCUT2D eigenvalue weighted by atomic mass is 35.5. The van der Waals surface area contributed by atoms with Crippen molar-refractivity contribution in [1.82, 2.24) is 24.8 Å². The number of ether oxygens (including phenoxy) is 3. The predicted octanol–water partition coefficient (Wildman–Crippen LogP) is 5.21. The van der Waals surface area contributed by atoms with Crippen molar-refractivity contribution >= 4 is 17.6 Å². The third kappa shape index (κ3) is 5.41. The van der Waals surface area contributed by atoms with E-state index in [-0.39, 0.29) is 12.2 Å². The lowest BCUT2D eigenvalue weighted by Gasteiger charge is -2.25. The molecule has 4 aromatic rings. The maximum absolute atomic E-state index is 11.3. The number of aromatic nitrogens is 5. The lowest BCUT2D eigenvalue weighted by molar-refractivity contribution is -0.136. The zero-order chi connectivity index (χ0) is 28.4. The summed E-state index contributed by atoms with van der Waals surface area (Å²) in [6.07, 6.45) is 0.171. The Hall–Kier alpha value is -3.89. The summed E-state index contributed by atoms with van der Waals surface area (Å²) < 4.78 is 22.2. The molecule has 0 saturated carbocycles. The summed E-state index contributed by atoms with van der Waals surface area (Å²) in [5.41, 5.74) is 4.83. The van der Waals surface area contributed by atoms with Crippen molar-refractivity contribution in [2.24, 2.45) is 5.92 Å². The van der Waals surface area contributed by atoms with Crippen LogP contribution >= 0.6 is 11.6 Å². The number of carbonyl (C=O) groups is 1. The Morgan fingerprint density at radius 2 is 1.95 bits per heavy atom. The highest BCUT2D eigenvalue weighted by Gasteiger charge is 2.34. The Kier molecular flexibility index (Phi) is 8.09. The summed E-state index contributed by atoms with van der Waals surface area (Å²) in [5, 5.41) is 21.5. The first-order chi connectivity index (χ1) is 19.3. The van der Waals surface area contributed by atoms with Gasteiger partial charge in [0.25, 0.3) is 0 Å². The van der Waals surface area contributed by atoms with Crippen molar-refractivity contribution in [2.45, 2.75) is 51.9 Å². The van der Waals surface area contributed by atoms with Gasteiger partial charge in [0.1, 0.15) is 18.6 Å². The molecule has 1 aliphatic heterocycles. The van der Waals surface area contributed by atoms with Crippen LogP contribution in [0.2, 0.25) is 5.02 Å². The molecular weight excluding hydrogens is 534 g/mol. The van der Waals surface area contributed by atoms with Crippen LogP contribution in [0.4, 0.5) is 0 Å². The molecule has 10 nitrogen and oxygen atoms in total. The van der Waals surface area contributed by atoms with E-state index in [1.54, 1.807) is 14.2 Å². The largest absolute Gasteiger partial charge is 0.493 e. The average Bonchev–Trinajstić information content (AvgIpc) is 3.51. The van der Waals surface area contributed by atoms with E-state index >= 15 is 0 Å². The highest BCUT2D eigenvalue weighted by molar-refractivity contribution is 6.30. The molecule has 40 heavy (non-hydrogen) atoms. The van der Waals surface area contributed by atoms with Crippen LogP contribution in [0.3, 0.4) is 0 Å². The Labute approximate surface area is 237 Å². The number of fused-ring (bicyclic) bond motifs is 3. The Morgan fingerprint density at radius 1 is 1.12 bits per heavy atom. The summed E-state index contributed by atoms with van der Waals surface area (Å²) in [6.45, 7) is 4.75. The SMILES string of the molecule is COc1cccc([C@@H]2O[C@@H](CCn3nnnc3CC(=O)O)c3ccc(CC(C)C)n3-c3ccc(Cl)cc32)c1OC. The number of hydrogen-bond donors (Lipinski definition) is 1. The molecular formula is C29H32ClN5O5. The molecule has 0 unspecified atom stereocenters. The van der Waals surface area contributed by atoms with Gasteiger partial charge in [-0.2, -0.15) is 0 Å². The van der Waals surface area contributed by atoms with Crippen LogP contribution in [-0.4, -0.2) is 50.1 Å². The highest BCUT2D eigenvalue weighted by Crippen LogP contribution is 2.47. The maximum Gasteiger partial charge on any atom is 0.311 e. The Morgan fingerprint density at radius 3 is 2.67 bits per heavy atom. The number of para-hydroxylation sites is 1. The van der Waals surface area contributed by atoms with Crippen molar-refractivity contribution in [3.8, 4) is 17.2 Å². The molecule has 1 N–H and O–H groups in total. The molecule has 0 spiro atoms. The van der Waals surface area contributed by atoms with Gasteiger partial charge in [-0.1, -0.05) is 37.6 Å². The molecule has 0 bridgehead atoms. The van der Waals surface area contributed by atoms with E-state index in [9.17, 15) is 9.90 Å². The molecule has 0 aliphatic carbocycles. The van der Waals surface area contributed by atoms with Gasteiger partial charge in [0.15, 0.2) is 17.3 Å². The monoisotopic (exact) mass is 565 g/mol. The Balaban J connectivity index is 1.65. The average molecular weight is 566 g/mol.